The number of nitrogens with one attached hydrogen (secondary N) is 1. The highest BCUT2D eigenvalue weighted by atomic mass is 35.5. The number of benzene rings is 1. The molecule has 0 aliphatic carbocycles. The molecule has 0 aliphatic heterocycles. The fraction of sp³-hybridized carbons (Fsp3) is 0.500. The third-order valence-corrected chi connectivity index (χ3v) is 3.55. The van der Waals surface area contributed by atoms with E-state index in [9.17, 15) is 9.59 Å². The van der Waals surface area contributed by atoms with Crippen molar-refractivity contribution in [2.24, 2.45) is 0 Å². The minimum Gasteiger partial charge on any atom is -0.350 e. The molecule has 22 heavy (non-hydrogen) atoms. The van der Waals surface area contributed by atoms with Gasteiger partial charge in [-0.05, 0) is 44.9 Å². The van der Waals surface area contributed by atoms with Crippen molar-refractivity contribution in [3.63, 3.8) is 0 Å². The van der Waals surface area contributed by atoms with E-state index in [-0.39, 0.29) is 23.9 Å². The molecule has 1 N–H and O–H groups in total. The van der Waals surface area contributed by atoms with Crippen molar-refractivity contribution < 1.29 is 9.59 Å². The molecule has 1 aromatic rings. The predicted molar refractivity (Wildman–Crippen MR) is 90.3 cm³/mol. The molecule has 0 aromatic heterocycles. The van der Waals surface area contributed by atoms with Gasteiger partial charge in [-0.2, -0.15) is 0 Å². The van der Waals surface area contributed by atoms with E-state index in [4.69, 9.17) is 23.2 Å². The Labute approximate surface area is 141 Å². The first-order valence-corrected chi connectivity index (χ1v) is 7.84. The van der Waals surface area contributed by atoms with Crippen LogP contribution in [0.3, 0.4) is 0 Å². The molecule has 0 aliphatic rings. The second kappa shape index (κ2) is 7.84. The number of nitrogens with zero attached hydrogens (tertiary/aromatic N) is 1. The van der Waals surface area contributed by atoms with Gasteiger partial charge >= 0.3 is 0 Å². The van der Waals surface area contributed by atoms with Gasteiger partial charge in [0.2, 0.25) is 11.8 Å². The van der Waals surface area contributed by atoms with E-state index >= 15 is 0 Å². The van der Waals surface area contributed by atoms with Crippen LogP contribution in [-0.4, -0.2) is 35.3 Å². The molecule has 0 saturated heterocycles. The third kappa shape index (κ3) is 6.67. The van der Waals surface area contributed by atoms with Crippen LogP contribution in [-0.2, 0) is 16.0 Å². The first kappa shape index (κ1) is 18.8. The topological polar surface area (TPSA) is 49.4 Å². The summed E-state index contributed by atoms with van der Waals surface area (Å²) in [7, 11) is 0. The normalized spacial score (nSPS) is 11.2. The number of carbonyl (C=O) groups excluding carboxylic acids is 2. The summed E-state index contributed by atoms with van der Waals surface area (Å²) in [5, 5.41) is 3.98. The number of hydrogen-bond acceptors (Lipinski definition) is 2. The SMILES string of the molecule is CC(=O)N(CCc1ccc(Cl)cc1Cl)CC(=O)NC(C)(C)C. The molecular formula is C16H22Cl2N2O2. The molecule has 2 amide bonds. The zero-order chi connectivity index (χ0) is 16.9. The smallest absolute Gasteiger partial charge is 0.240 e. The van der Waals surface area contributed by atoms with Crippen LogP contribution in [0.15, 0.2) is 18.2 Å². The third-order valence-electron chi connectivity index (χ3n) is 2.96. The fourth-order valence-electron chi connectivity index (χ4n) is 1.96. The zero-order valence-corrected chi connectivity index (χ0v) is 14.9. The Hall–Kier alpha value is -1.26. The first-order chi connectivity index (χ1) is 10.1. The van der Waals surface area contributed by atoms with Crippen LogP contribution in [0.4, 0.5) is 0 Å². The quantitative estimate of drug-likeness (QED) is 0.890. The van der Waals surface area contributed by atoms with E-state index in [0.29, 0.717) is 23.0 Å². The number of halogens is 2. The van der Waals surface area contributed by atoms with Crippen LogP contribution >= 0.6 is 23.2 Å². The maximum atomic E-state index is 11.9. The lowest BCUT2D eigenvalue weighted by atomic mass is 10.1. The number of hydrogen-bond donors (Lipinski definition) is 1. The molecule has 122 valence electrons. The summed E-state index contributed by atoms with van der Waals surface area (Å²) in [5.41, 5.74) is 0.576. The predicted octanol–water partition coefficient (Wildman–Crippen LogP) is 3.30. The summed E-state index contributed by atoms with van der Waals surface area (Å²) in [6.07, 6.45) is 0.568. The van der Waals surface area contributed by atoms with Gasteiger partial charge in [0.1, 0.15) is 0 Å². The van der Waals surface area contributed by atoms with Crippen LogP contribution in [0.2, 0.25) is 10.0 Å². The molecule has 6 heteroatoms. The Morgan fingerprint density at radius 1 is 1.23 bits per heavy atom. The molecule has 0 atom stereocenters. The fourth-order valence-corrected chi connectivity index (χ4v) is 2.46. The molecule has 0 heterocycles. The van der Waals surface area contributed by atoms with Gasteiger partial charge in [0.05, 0.1) is 6.54 Å². The minimum atomic E-state index is -0.320. The van der Waals surface area contributed by atoms with Gasteiger partial charge < -0.3 is 10.2 Å². The van der Waals surface area contributed by atoms with E-state index in [1.165, 1.54) is 11.8 Å². The Bertz CT molecular complexity index is 554. The zero-order valence-electron chi connectivity index (χ0n) is 13.4. The largest absolute Gasteiger partial charge is 0.350 e. The van der Waals surface area contributed by atoms with Gasteiger partial charge in [0, 0.05) is 29.1 Å². The Morgan fingerprint density at radius 3 is 2.36 bits per heavy atom. The van der Waals surface area contributed by atoms with E-state index in [2.05, 4.69) is 5.32 Å². The summed E-state index contributed by atoms with van der Waals surface area (Å²) < 4.78 is 0. The molecule has 4 nitrogen and oxygen atoms in total. The Morgan fingerprint density at radius 2 is 1.86 bits per heavy atom. The molecular weight excluding hydrogens is 323 g/mol. The number of carbonyl (C=O) groups is 2. The monoisotopic (exact) mass is 344 g/mol. The average molecular weight is 345 g/mol. The molecule has 1 rings (SSSR count). The summed E-state index contributed by atoms with van der Waals surface area (Å²) in [4.78, 5) is 25.2. The minimum absolute atomic E-state index is 0.0395. The highest BCUT2D eigenvalue weighted by Gasteiger charge is 2.18. The van der Waals surface area contributed by atoms with Crippen molar-refractivity contribution in [1.82, 2.24) is 10.2 Å². The van der Waals surface area contributed by atoms with Crippen molar-refractivity contribution in [2.45, 2.75) is 39.7 Å². The van der Waals surface area contributed by atoms with E-state index in [0.717, 1.165) is 5.56 Å². The lowest BCUT2D eigenvalue weighted by molar-refractivity contribution is -0.134. The lowest BCUT2D eigenvalue weighted by Gasteiger charge is -2.25. The second-order valence-corrected chi connectivity index (χ2v) is 7.07. The Kier molecular flexibility index (Phi) is 6.69. The van der Waals surface area contributed by atoms with Crippen molar-refractivity contribution in [1.29, 1.82) is 0 Å². The van der Waals surface area contributed by atoms with Crippen LogP contribution in [0.1, 0.15) is 33.3 Å². The van der Waals surface area contributed by atoms with Gasteiger partial charge in [-0.1, -0.05) is 29.3 Å². The number of amides is 2. The summed E-state index contributed by atoms with van der Waals surface area (Å²) >= 11 is 12.0. The van der Waals surface area contributed by atoms with Crippen molar-refractivity contribution in [2.75, 3.05) is 13.1 Å². The van der Waals surface area contributed by atoms with Gasteiger partial charge in [0.15, 0.2) is 0 Å². The first-order valence-electron chi connectivity index (χ1n) is 7.09. The molecule has 0 unspecified atom stereocenters. The van der Waals surface area contributed by atoms with Crippen molar-refractivity contribution in [3.05, 3.63) is 33.8 Å². The molecule has 0 bridgehead atoms. The molecule has 1 aromatic carbocycles. The van der Waals surface area contributed by atoms with Gasteiger partial charge in [-0.25, -0.2) is 0 Å². The summed E-state index contributed by atoms with van der Waals surface area (Å²) in [6, 6.07) is 5.26. The molecule has 0 radical (unpaired) electrons. The van der Waals surface area contributed by atoms with Crippen LogP contribution in [0.25, 0.3) is 0 Å². The van der Waals surface area contributed by atoms with Crippen LogP contribution < -0.4 is 5.32 Å². The number of rotatable bonds is 5. The highest BCUT2D eigenvalue weighted by molar-refractivity contribution is 6.35. The molecule has 0 saturated carbocycles. The summed E-state index contributed by atoms with van der Waals surface area (Å²) in [6.45, 7) is 7.61. The van der Waals surface area contributed by atoms with Crippen LogP contribution in [0, 0.1) is 0 Å². The lowest BCUT2D eigenvalue weighted by Crippen LogP contribution is -2.47. The average Bonchev–Trinajstić information content (AvgIpc) is 2.33. The van der Waals surface area contributed by atoms with Gasteiger partial charge in [-0.3, -0.25) is 9.59 Å². The van der Waals surface area contributed by atoms with E-state index in [1.54, 1.807) is 12.1 Å². The molecule has 0 spiro atoms. The van der Waals surface area contributed by atoms with E-state index in [1.807, 2.05) is 26.8 Å². The van der Waals surface area contributed by atoms with Gasteiger partial charge in [0.25, 0.3) is 0 Å². The van der Waals surface area contributed by atoms with Crippen LogP contribution in [0.5, 0.6) is 0 Å². The highest BCUT2D eigenvalue weighted by Crippen LogP contribution is 2.21. The second-order valence-electron chi connectivity index (χ2n) is 6.22. The van der Waals surface area contributed by atoms with Crippen molar-refractivity contribution >= 4 is 35.0 Å². The maximum absolute atomic E-state index is 11.9. The molecule has 0 fully saturated rings. The standard InChI is InChI=1S/C16H22Cl2N2O2/c1-11(21)20(10-15(22)19-16(2,3)4)8-7-12-5-6-13(17)9-14(12)18/h5-6,9H,7-8,10H2,1-4H3,(H,19,22). The van der Waals surface area contributed by atoms with Crippen molar-refractivity contribution in [3.8, 4) is 0 Å². The summed E-state index contributed by atoms with van der Waals surface area (Å²) in [5.74, 6) is -0.320. The van der Waals surface area contributed by atoms with E-state index < -0.39 is 0 Å². The van der Waals surface area contributed by atoms with Gasteiger partial charge in [-0.15, -0.1) is 0 Å². The maximum Gasteiger partial charge on any atom is 0.240 e. The Balaban J connectivity index is 2.65.